The molecule has 0 radical (unpaired) electrons. The Labute approximate surface area is 94.6 Å². The first-order valence-electron chi connectivity index (χ1n) is 3.99. The van der Waals surface area contributed by atoms with Gasteiger partial charge in [0, 0.05) is 10.9 Å². The zero-order valence-electron chi connectivity index (χ0n) is 7.40. The standard InChI is InChI=1S/C9H8BrClFNO/c1-2-8(14)13-7-4-5(12)3-6(10)9(7)11/h3-4H,2H2,1H3,(H,13,14). The summed E-state index contributed by atoms with van der Waals surface area (Å²) in [6, 6.07) is 2.42. The minimum absolute atomic E-state index is 0.204. The van der Waals surface area contributed by atoms with Crippen LogP contribution in [0.25, 0.3) is 0 Å². The lowest BCUT2D eigenvalue weighted by Gasteiger charge is -2.07. The molecule has 0 atom stereocenters. The van der Waals surface area contributed by atoms with Crippen LogP contribution in [0.1, 0.15) is 13.3 Å². The first kappa shape index (κ1) is 11.5. The lowest BCUT2D eigenvalue weighted by Crippen LogP contribution is -2.10. The molecule has 0 saturated carbocycles. The summed E-state index contributed by atoms with van der Waals surface area (Å²) in [7, 11) is 0. The van der Waals surface area contributed by atoms with Gasteiger partial charge >= 0.3 is 0 Å². The first-order valence-corrected chi connectivity index (χ1v) is 5.16. The van der Waals surface area contributed by atoms with E-state index in [9.17, 15) is 9.18 Å². The van der Waals surface area contributed by atoms with E-state index >= 15 is 0 Å². The Morgan fingerprint density at radius 1 is 1.64 bits per heavy atom. The van der Waals surface area contributed by atoms with Crippen LogP contribution in [0.3, 0.4) is 0 Å². The van der Waals surface area contributed by atoms with Crippen molar-refractivity contribution in [3.63, 3.8) is 0 Å². The molecule has 0 aliphatic carbocycles. The summed E-state index contributed by atoms with van der Waals surface area (Å²) in [5, 5.41) is 2.80. The van der Waals surface area contributed by atoms with Crippen molar-refractivity contribution in [2.75, 3.05) is 5.32 Å². The van der Waals surface area contributed by atoms with Gasteiger partial charge in [-0.05, 0) is 28.1 Å². The van der Waals surface area contributed by atoms with Crippen molar-refractivity contribution in [3.05, 3.63) is 27.4 Å². The Hall–Kier alpha value is -0.610. The van der Waals surface area contributed by atoms with Crippen LogP contribution < -0.4 is 5.32 Å². The summed E-state index contributed by atoms with van der Waals surface area (Å²) in [6.07, 6.45) is 0.324. The van der Waals surface area contributed by atoms with Gasteiger partial charge < -0.3 is 5.32 Å². The predicted molar refractivity (Wildman–Crippen MR) is 58.0 cm³/mol. The molecular formula is C9H8BrClFNO. The van der Waals surface area contributed by atoms with Crippen molar-refractivity contribution < 1.29 is 9.18 Å². The molecule has 0 spiro atoms. The fourth-order valence-corrected chi connectivity index (χ4v) is 1.47. The summed E-state index contributed by atoms with van der Waals surface area (Å²) >= 11 is 8.92. The monoisotopic (exact) mass is 279 g/mol. The van der Waals surface area contributed by atoms with Crippen molar-refractivity contribution in [2.24, 2.45) is 0 Å². The molecule has 0 saturated heterocycles. The van der Waals surface area contributed by atoms with Crippen molar-refractivity contribution >= 4 is 39.1 Å². The quantitative estimate of drug-likeness (QED) is 0.824. The zero-order chi connectivity index (χ0) is 10.7. The van der Waals surface area contributed by atoms with Gasteiger partial charge in [-0.15, -0.1) is 0 Å². The van der Waals surface area contributed by atoms with Crippen LogP contribution >= 0.6 is 27.5 Å². The predicted octanol–water partition coefficient (Wildman–Crippen LogP) is 3.59. The van der Waals surface area contributed by atoms with Crippen LogP contribution in [0.15, 0.2) is 16.6 Å². The Morgan fingerprint density at radius 2 is 2.29 bits per heavy atom. The average molecular weight is 281 g/mol. The van der Waals surface area contributed by atoms with Gasteiger partial charge in [0.05, 0.1) is 10.7 Å². The Bertz CT molecular complexity index is 370. The van der Waals surface area contributed by atoms with Crippen LogP contribution in [0.4, 0.5) is 10.1 Å². The molecule has 2 nitrogen and oxygen atoms in total. The van der Waals surface area contributed by atoms with E-state index in [-0.39, 0.29) is 11.6 Å². The third kappa shape index (κ3) is 2.69. The maximum absolute atomic E-state index is 12.9. The second-order valence-electron chi connectivity index (χ2n) is 2.65. The molecule has 1 amide bonds. The van der Waals surface area contributed by atoms with E-state index in [1.807, 2.05) is 0 Å². The maximum Gasteiger partial charge on any atom is 0.224 e. The van der Waals surface area contributed by atoms with Crippen molar-refractivity contribution in [1.29, 1.82) is 0 Å². The molecule has 76 valence electrons. The fourth-order valence-electron chi connectivity index (χ4n) is 0.886. The van der Waals surface area contributed by atoms with Gasteiger partial charge in [0.25, 0.3) is 0 Å². The minimum atomic E-state index is -0.451. The number of benzene rings is 1. The number of rotatable bonds is 2. The van der Waals surface area contributed by atoms with Crippen molar-refractivity contribution in [2.45, 2.75) is 13.3 Å². The summed E-state index contributed by atoms with van der Waals surface area (Å²) in [5.74, 6) is -0.655. The molecule has 0 aliphatic rings. The second kappa shape index (κ2) is 4.75. The van der Waals surface area contributed by atoms with Gasteiger partial charge in [0.1, 0.15) is 5.82 Å². The largest absolute Gasteiger partial charge is 0.325 e. The third-order valence-corrected chi connectivity index (χ3v) is 2.85. The smallest absolute Gasteiger partial charge is 0.224 e. The minimum Gasteiger partial charge on any atom is -0.325 e. The summed E-state index contributed by atoms with van der Waals surface area (Å²) < 4.78 is 13.3. The number of halogens is 3. The molecule has 0 aromatic heterocycles. The topological polar surface area (TPSA) is 29.1 Å². The molecule has 14 heavy (non-hydrogen) atoms. The normalized spacial score (nSPS) is 10.0. The van der Waals surface area contributed by atoms with E-state index in [1.165, 1.54) is 12.1 Å². The highest BCUT2D eigenvalue weighted by Gasteiger charge is 2.09. The molecule has 1 rings (SSSR count). The number of hydrogen-bond acceptors (Lipinski definition) is 1. The maximum atomic E-state index is 12.9. The highest BCUT2D eigenvalue weighted by Crippen LogP contribution is 2.31. The third-order valence-electron chi connectivity index (χ3n) is 1.59. The summed E-state index contributed by atoms with van der Waals surface area (Å²) in [4.78, 5) is 11.0. The highest BCUT2D eigenvalue weighted by atomic mass is 79.9. The summed E-state index contributed by atoms with van der Waals surface area (Å²) in [5.41, 5.74) is 0.283. The SMILES string of the molecule is CCC(=O)Nc1cc(F)cc(Br)c1Cl. The average Bonchev–Trinajstić information content (AvgIpc) is 2.13. The molecule has 0 heterocycles. The van der Waals surface area contributed by atoms with Gasteiger partial charge in [-0.3, -0.25) is 4.79 Å². The van der Waals surface area contributed by atoms with Crippen LogP contribution in [-0.2, 0) is 4.79 Å². The molecule has 0 aliphatic heterocycles. The fraction of sp³-hybridized carbons (Fsp3) is 0.222. The van der Waals surface area contributed by atoms with E-state index in [0.29, 0.717) is 15.9 Å². The van der Waals surface area contributed by atoms with Gasteiger partial charge in [0.2, 0.25) is 5.91 Å². The van der Waals surface area contributed by atoms with Gasteiger partial charge in [-0.1, -0.05) is 18.5 Å². The van der Waals surface area contributed by atoms with E-state index in [2.05, 4.69) is 21.2 Å². The Balaban J connectivity index is 3.02. The van der Waals surface area contributed by atoms with E-state index in [4.69, 9.17) is 11.6 Å². The number of carbonyl (C=O) groups excluding carboxylic acids is 1. The van der Waals surface area contributed by atoms with Gasteiger partial charge in [-0.2, -0.15) is 0 Å². The zero-order valence-corrected chi connectivity index (χ0v) is 9.75. The van der Waals surface area contributed by atoms with E-state index < -0.39 is 5.82 Å². The molecule has 5 heteroatoms. The van der Waals surface area contributed by atoms with Gasteiger partial charge in [-0.25, -0.2) is 4.39 Å². The van der Waals surface area contributed by atoms with E-state index in [0.717, 1.165) is 0 Å². The number of carbonyl (C=O) groups is 1. The number of anilines is 1. The number of amides is 1. The molecule has 0 bridgehead atoms. The van der Waals surface area contributed by atoms with Crippen molar-refractivity contribution in [3.8, 4) is 0 Å². The van der Waals surface area contributed by atoms with Crippen molar-refractivity contribution in [1.82, 2.24) is 0 Å². The number of hydrogen-bond donors (Lipinski definition) is 1. The Morgan fingerprint density at radius 3 is 2.86 bits per heavy atom. The van der Waals surface area contributed by atoms with Gasteiger partial charge in [0.15, 0.2) is 0 Å². The Kier molecular flexibility index (Phi) is 3.89. The lowest BCUT2D eigenvalue weighted by molar-refractivity contribution is -0.115. The lowest BCUT2D eigenvalue weighted by atomic mass is 10.3. The highest BCUT2D eigenvalue weighted by molar-refractivity contribution is 9.10. The molecule has 1 N–H and O–H groups in total. The molecule has 0 unspecified atom stereocenters. The second-order valence-corrected chi connectivity index (χ2v) is 3.88. The molecule has 0 fully saturated rings. The first-order chi connectivity index (χ1) is 6.54. The molecular weight excluding hydrogens is 272 g/mol. The van der Waals surface area contributed by atoms with Crippen LogP contribution in [0, 0.1) is 5.82 Å². The van der Waals surface area contributed by atoms with Crippen LogP contribution in [-0.4, -0.2) is 5.91 Å². The van der Waals surface area contributed by atoms with Crippen LogP contribution in [0.2, 0.25) is 5.02 Å². The summed E-state index contributed by atoms with van der Waals surface area (Å²) in [6.45, 7) is 1.71. The number of nitrogens with one attached hydrogen (secondary N) is 1. The molecule has 1 aromatic rings. The van der Waals surface area contributed by atoms with E-state index in [1.54, 1.807) is 6.92 Å². The van der Waals surface area contributed by atoms with Crippen LogP contribution in [0.5, 0.6) is 0 Å². The molecule has 1 aromatic carbocycles.